The molecule has 63 heavy (non-hydrogen) atoms. The van der Waals surface area contributed by atoms with Crippen molar-refractivity contribution >= 4 is 0 Å². The molecule has 0 aliphatic rings. The topological polar surface area (TPSA) is 82.9 Å². The van der Waals surface area contributed by atoms with Gasteiger partial charge in [0, 0.05) is 24.8 Å². The third-order valence-electron chi connectivity index (χ3n) is 12.1. The first kappa shape index (κ1) is 39.1. The average molecular weight is 821 g/mol. The van der Waals surface area contributed by atoms with Crippen LogP contribution in [0.1, 0.15) is 50.6 Å². The summed E-state index contributed by atoms with van der Waals surface area (Å²) in [4.78, 5) is 15.3. The van der Waals surface area contributed by atoms with E-state index in [1.165, 1.54) is 0 Å². The van der Waals surface area contributed by atoms with Gasteiger partial charge in [0.1, 0.15) is 28.2 Å². The number of methoxy groups -OCH3 is 1. The Morgan fingerprint density at radius 3 is 1.11 bits per heavy atom. The Labute approximate surface area is 366 Å². The van der Waals surface area contributed by atoms with E-state index in [4.69, 9.17) is 19.7 Å². The highest BCUT2D eigenvalue weighted by Crippen LogP contribution is 2.45. The molecule has 0 unspecified atom stereocenters. The van der Waals surface area contributed by atoms with Gasteiger partial charge in [0.15, 0.2) is 5.82 Å². The van der Waals surface area contributed by atoms with E-state index >= 15 is 0 Å². The van der Waals surface area contributed by atoms with Crippen LogP contribution >= 0.6 is 0 Å². The van der Waals surface area contributed by atoms with Crippen LogP contribution in [0.2, 0.25) is 0 Å². The van der Waals surface area contributed by atoms with E-state index in [1.54, 1.807) is 13.3 Å². The predicted molar refractivity (Wildman–Crippen MR) is 246 cm³/mol. The second kappa shape index (κ2) is 16.4. The van der Waals surface area contributed by atoms with Crippen LogP contribution < -0.4 is 4.74 Å². The van der Waals surface area contributed by atoms with Crippen LogP contribution in [0.3, 0.4) is 0 Å². The van der Waals surface area contributed by atoms with E-state index in [0.29, 0.717) is 22.8 Å². The van der Waals surface area contributed by atoms with E-state index in [1.807, 2.05) is 96.5 Å². The van der Waals surface area contributed by atoms with Gasteiger partial charge in [0.05, 0.1) is 25.5 Å². The number of nitrogens with zero attached hydrogens (tertiary/aromatic N) is 6. The minimum Gasteiger partial charge on any atom is -0.495 e. The molecule has 0 atom stereocenters. The molecule has 0 amide bonds. The fraction of sp³-hybridized carbons (Fsp3) is 0.0727. The van der Waals surface area contributed by atoms with E-state index in [-0.39, 0.29) is 5.82 Å². The lowest BCUT2D eigenvalue weighted by Gasteiger charge is -2.37. The molecule has 10 aromatic rings. The van der Waals surface area contributed by atoms with Gasteiger partial charge in [-0.1, -0.05) is 194 Å². The standard InChI is InChI=1S/C55H44N6O2/c1-63-49-35-21-20-34-48(49)61-37-36-56-52(61)55(62,50-38-59(40-57-50)53(42-22-8-2-9-23-42,43-24-10-3-11-25-43)44-26-12-4-13-27-44)51-39-60(41-58-51)54(45-28-14-5-15-29-45,46-30-16-6-17-31-46)47-32-18-7-19-33-47/h2-41,62H,1H3. The van der Waals surface area contributed by atoms with Crippen LogP contribution in [0.4, 0.5) is 0 Å². The summed E-state index contributed by atoms with van der Waals surface area (Å²) in [6.45, 7) is 0. The first-order valence-corrected chi connectivity index (χ1v) is 20.9. The monoisotopic (exact) mass is 820 g/mol. The molecule has 1 N–H and O–H groups in total. The number of aromatic nitrogens is 6. The maximum Gasteiger partial charge on any atom is 0.210 e. The van der Waals surface area contributed by atoms with Gasteiger partial charge in [0.25, 0.3) is 0 Å². The molecule has 0 aliphatic heterocycles. The van der Waals surface area contributed by atoms with E-state index in [2.05, 4.69) is 155 Å². The summed E-state index contributed by atoms with van der Waals surface area (Å²) in [6, 6.07) is 70.1. The number of aliphatic hydroxyl groups is 1. The largest absolute Gasteiger partial charge is 0.495 e. The van der Waals surface area contributed by atoms with Crippen molar-refractivity contribution in [1.29, 1.82) is 0 Å². The molecule has 10 rings (SSSR count). The van der Waals surface area contributed by atoms with Crippen molar-refractivity contribution < 1.29 is 9.84 Å². The third-order valence-corrected chi connectivity index (χ3v) is 12.1. The van der Waals surface area contributed by atoms with Crippen molar-refractivity contribution in [2.75, 3.05) is 7.11 Å². The predicted octanol–water partition coefficient (Wildman–Crippen LogP) is 10.2. The Bertz CT molecular complexity index is 2700. The normalized spacial score (nSPS) is 12.0. The number of para-hydroxylation sites is 2. The van der Waals surface area contributed by atoms with Crippen molar-refractivity contribution in [2.45, 2.75) is 16.7 Å². The van der Waals surface area contributed by atoms with Crippen molar-refractivity contribution in [3.05, 3.63) is 294 Å². The lowest BCUT2D eigenvalue weighted by atomic mass is 9.76. The molecule has 3 aromatic heterocycles. The Kier molecular flexibility index (Phi) is 10.2. The van der Waals surface area contributed by atoms with Crippen LogP contribution in [0.5, 0.6) is 5.75 Å². The van der Waals surface area contributed by atoms with Crippen LogP contribution in [-0.4, -0.2) is 40.9 Å². The molecule has 0 saturated carbocycles. The zero-order chi connectivity index (χ0) is 42.7. The molecule has 0 radical (unpaired) electrons. The fourth-order valence-corrected chi connectivity index (χ4v) is 9.31. The summed E-state index contributed by atoms with van der Waals surface area (Å²) in [5, 5.41) is 14.0. The molecule has 306 valence electrons. The van der Waals surface area contributed by atoms with Gasteiger partial charge in [-0.3, -0.25) is 4.57 Å². The smallest absolute Gasteiger partial charge is 0.210 e. The second-order valence-corrected chi connectivity index (χ2v) is 15.5. The number of benzene rings is 7. The fourth-order valence-electron chi connectivity index (χ4n) is 9.31. The Morgan fingerprint density at radius 2 is 0.762 bits per heavy atom. The van der Waals surface area contributed by atoms with Gasteiger partial charge in [-0.25, -0.2) is 15.0 Å². The van der Waals surface area contributed by atoms with E-state index < -0.39 is 16.7 Å². The van der Waals surface area contributed by atoms with Gasteiger partial charge in [-0.05, 0) is 45.5 Å². The van der Waals surface area contributed by atoms with Crippen molar-refractivity contribution in [3.63, 3.8) is 0 Å². The molecule has 3 heterocycles. The maximum atomic E-state index is 14.0. The SMILES string of the molecule is COc1ccccc1-n1ccnc1C(O)(c1cn(C(c2ccccc2)(c2ccccc2)c2ccccc2)cn1)c1cn(C(c2ccccc2)(c2ccccc2)c2ccccc2)cn1. The van der Waals surface area contributed by atoms with Crippen LogP contribution in [0.15, 0.2) is 244 Å². The average Bonchev–Trinajstić information content (AvgIpc) is 4.18. The molecule has 0 bridgehead atoms. The molecule has 0 saturated heterocycles. The van der Waals surface area contributed by atoms with Crippen molar-refractivity contribution in [2.24, 2.45) is 0 Å². The summed E-state index contributed by atoms with van der Waals surface area (Å²) in [5.74, 6) is 0.902. The van der Waals surface area contributed by atoms with Gasteiger partial charge in [-0.2, -0.15) is 0 Å². The van der Waals surface area contributed by atoms with E-state index in [0.717, 1.165) is 33.4 Å². The van der Waals surface area contributed by atoms with Gasteiger partial charge in [0.2, 0.25) is 5.60 Å². The molecule has 0 fully saturated rings. The van der Waals surface area contributed by atoms with Crippen LogP contribution in [0.25, 0.3) is 5.69 Å². The Balaban J connectivity index is 1.26. The Hall–Kier alpha value is -8.07. The van der Waals surface area contributed by atoms with Crippen molar-refractivity contribution in [3.8, 4) is 11.4 Å². The van der Waals surface area contributed by atoms with Gasteiger partial charge in [-0.15, -0.1) is 0 Å². The maximum absolute atomic E-state index is 14.0. The molecular weight excluding hydrogens is 777 g/mol. The molecule has 0 spiro atoms. The summed E-state index contributed by atoms with van der Waals surface area (Å²) >= 11 is 0. The lowest BCUT2D eigenvalue weighted by Crippen LogP contribution is -2.38. The zero-order valence-corrected chi connectivity index (χ0v) is 34.6. The lowest BCUT2D eigenvalue weighted by molar-refractivity contribution is 0.105. The summed E-state index contributed by atoms with van der Waals surface area (Å²) in [6.07, 6.45) is 11.0. The van der Waals surface area contributed by atoms with Crippen LogP contribution in [0, 0.1) is 0 Å². The minimum absolute atomic E-state index is 0.289. The second-order valence-electron chi connectivity index (χ2n) is 15.5. The third kappa shape index (κ3) is 6.38. The number of hydrogen-bond donors (Lipinski definition) is 1. The number of rotatable bonds is 13. The first-order valence-electron chi connectivity index (χ1n) is 20.9. The van der Waals surface area contributed by atoms with Crippen molar-refractivity contribution in [1.82, 2.24) is 28.7 Å². The van der Waals surface area contributed by atoms with Gasteiger partial charge < -0.3 is 19.0 Å². The first-order chi connectivity index (χ1) is 31.1. The minimum atomic E-state index is -2.02. The quantitative estimate of drug-likeness (QED) is 0.117. The van der Waals surface area contributed by atoms with E-state index in [9.17, 15) is 5.11 Å². The number of ether oxygens (including phenoxy) is 1. The molecule has 8 heteroatoms. The number of imidazole rings is 3. The molecular formula is C55H44N6O2. The highest BCUT2D eigenvalue weighted by Gasteiger charge is 2.47. The highest BCUT2D eigenvalue weighted by molar-refractivity contribution is 5.54. The molecule has 7 aromatic carbocycles. The Morgan fingerprint density at radius 1 is 0.429 bits per heavy atom. The molecule has 0 aliphatic carbocycles. The van der Waals surface area contributed by atoms with Crippen LogP contribution in [-0.2, 0) is 16.7 Å². The summed E-state index contributed by atoms with van der Waals surface area (Å²) in [5.41, 5.74) is 3.67. The highest BCUT2D eigenvalue weighted by atomic mass is 16.5. The summed E-state index contributed by atoms with van der Waals surface area (Å²) in [7, 11) is 1.64. The number of hydrogen-bond acceptors (Lipinski definition) is 5. The summed E-state index contributed by atoms with van der Waals surface area (Å²) < 4.78 is 11.9. The molecule has 8 nitrogen and oxygen atoms in total. The zero-order valence-electron chi connectivity index (χ0n) is 34.6. The van der Waals surface area contributed by atoms with Gasteiger partial charge >= 0.3 is 0 Å².